The first-order valence-corrected chi connectivity index (χ1v) is 10.4. The zero-order valence-electron chi connectivity index (χ0n) is 17.4. The third-order valence-electron chi connectivity index (χ3n) is 4.94. The molecule has 0 heterocycles. The van der Waals surface area contributed by atoms with E-state index in [0.29, 0.717) is 28.7 Å². The summed E-state index contributed by atoms with van der Waals surface area (Å²) >= 11 is 6.20. The van der Waals surface area contributed by atoms with Gasteiger partial charge in [0.2, 0.25) is 0 Å². The molecule has 4 rings (SSSR count). The van der Waals surface area contributed by atoms with Gasteiger partial charge >= 0.3 is 0 Å². The van der Waals surface area contributed by atoms with Crippen LogP contribution in [0.5, 0.6) is 11.5 Å². The lowest BCUT2D eigenvalue weighted by Crippen LogP contribution is -2.18. The van der Waals surface area contributed by atoms with E-state index in [2.05, 4.69) is 10.5 Å². The Hall–Kier alpha value is -3.83. The van der Waals surface area contributed by atoms with Crippen molar-refractivity contribution in [3.05, 3.63) is 107 Å². The molecule has 5 nitrogen and oxygen atoms in total. The minimum atomic E-state index is -0.363. The quantitative estimate of drug-likeness (QED) is 0.287. The van der Waals surface area contributed by atoms with E-state index in [4.69, 9.17) is 21.1 Å². The summed E-state index contributed by atoms with van der Waals surface area (Å²) in [6.07, 6.45) is 1.55. The van der Waals surface area contributed by atoms with Crippen LogP contribution in [-0.2, 0) is 6.61 Å². The fourth-order valence-corrected chi connectivity index (χ4v) is 3.47. The molecular weight excluding hydrogens is 424 g/mol. The predicted octanol–water partition coefficient (Wildman–Crippen LogP) is 5.84. The van der Waals surface area contributed by atoms with Crippen LogP contribution in [0.3, 0.4) is 0 Å². The minimum absolute atomic E-state index is 0.325. The number of benzene rings is 4. The lowest BCUT2D eigenvalue weighted by molar-refractivity contribution is 0.0952. The van der Waals surface area contributed by atoms with E-state index in [9.17, 15) is 4.79 Å². The first kappa shape index (κ1) is 21.4. The summed E-state index contributed by atoms with van der Waals surface area (Å²) in [7, 11) is 1.54. The number of carbonyl (C=O) groups excluding carboxylic acids is 1. The summed E-state index contributed by atoms with van der Waals surface area (Å²) in [5, 5.41) is 6.71. The number of amides is 1. The molecule has 1 N–H and O–H groups in total. The van der Waals surface area contributed by atoms with Crippen LogP contribution in [0.15, 0.2) is 90.0 Å². The first-order chi connectivity index (χ1) is 15.7. The van der Waals surface area contributed by atoms with Gasteiger partial charge in [-0.3, -0.25) is 4.79 Å². The molecule has 0 aromatic heterocycles. The van der Waals surface area contributed by atoms with E-state index < -0.39 is 0 Å². The average molecular weight is 445 g/mol. The number of rotatable bonds is 7. The Labute approximate surface area is 191 Å². The van der Waals surface area contributed by atoms with Crippen LogP contribution in [0.1, 0.15) is 21.5 Å². The van der Waals surface area contributed by atoms with Crippen LogP contribution in [0.25, 0.3) is 10.8 Å². The Morgan fingerprint density at radius 1 is 0.938 bits per heavy atom. The predicted molar refractivity (Wildman–Crippen MR) is 128 cm³/mol. The second kappa shape index (κ2) is 9.98. The number of fused-ring (bicyclic) bond motifs is 1. The van der Waals surface area contributed by atoms with Gasteiger partial charge < -0.3 is 9.47 Å². The second-order valence-electron chi connectivity index (χ2n) is 7.02. The van der Waals surface area contributed by atoms with E-state index in [1.54, 1.807) is 12.3 Å². The number of nitrogens with one attached hydrogen (secondary N) is 1. The summed E-state index contributed by atoms with van der Waals surface area (Å²) in [5.74, 6) is 0.756. The summed E-state index contributed by atoms with van der Waals surface area (Å²) in [4.78, 5) is 12.7. The molecule has 0 radical (unpaired) electrons. The molecule has 32 heavy (non-hydrogen) atoms. The highest BCUT2D eigenvalue weighted by atomic mass is 35.5. The zero-order valence-corrected chi connectivity index (χ0v) is 18.2. The normalized spacial score (nSPS) is 10.9. The van der Waals surface area contributed by atoms with Crippen LogP contribution in [0, 0.1) is 0 Å². The summed E-state index contributed by atoms with van der Waals surface area (Å²) in [6.45, 7) is 0.325. The number of ether oxygens (including phenoxy) is 2. The highest BCUT2D eigenvalue weighted by molar-refractivity contribution is 6.31. The average Bonchev–Trinajstić information content (AvgIpc) is 2.83. The van der Waals surface area contributed by atoms with Crippen LogP contribution in [0.2, 0.25) is 5.02 Å². The van der Waals surface area contributed by atoms with E-state index >= 15 is 0 Å². The Morgan fingerprint density at radius 3 is 2.41 bits per heavy atom. The Balaban J connectivity index is 1.48. The molecule has 4 aromatic rings. The minimum Gasteiger partial charge on any atom is -0.496 e. The van der Waals surface area contributed by atoms with E-state index in [-0.39, 0.29) is 5.91 Å². The third kappa shape index (κ3) is 4.90. The fourth-order valence-electron chi connectivity index (χ4n) is 3.28. The van der Waals surface area contributed by atoms with Gasteiger partial charge in [0.15, 0.2) is 0 Å². The maximum atomic E-state index is 12.7. The molecule has 4 aromatic carbocycles. The van der Waals surface area contributed by atoms with Gasteiger partial charge in [-0.15, -0.1) is 0 Å². The van der Waals surface area contributed by atoms with Gasteiger partial charge in [0.25, 0.3) is 5.91 Å². The molecule has 0 unspecified atom stereocenters. The lowest BCUT2D eigenvalue weighted by atomic mass is 10.1. The molecule has 1 amide bonds. The smallest absolute Gasteiger partial charge is 0.275 e. The van der Waals surface area contributed by atoms with Crippen molar-refractivity contribution >= 4 is 34.5 Å². The highest BCUT2D eigenvalue weighted by Gasteiger charge is 2.13. The molecule has 0 spiro atoms. The summed E-state index contributed by atoms with van der Waals surface area (Å²) in [6, 6.07) is 26.4. The largest absolute Gasteiger partial charge is 0.496 e. The van der Waals surface area contributed by atoms with Crippen molar-refractivity contribution in [3.8, 4) is 11.5 Å². The first-order valence-electron chi connectivity index (χ1n) is 10.0. The lowest BCUT2D eigenvalue weighted by Gasteiger charge is -2.10. The van der Waals surface area contributed by atoms with Crippen molar-refractivity contribution in [2.75, 3.05) is 7.11 Å². The van der Waals surface area contributed by atoms with Gasteiger partial charge in [0, 0.05) is 16.1 Å². The van der Waals surface area contributed by atoms with Gasteiger partial charge in [-0.05, 0) is 41.1 Å². The standard InChI is InChI=1S/C26H21ClN2O3/c1-31-25-15-19-9-3-2-8-18(19)14-22(25)26(30)29-28-16-20-10-5-7-13-24(20)32-17-21-11-4-6-12-23(21)27/h2-16H,17H2,1H3,(H,29,30)/b28-16-. The van der Waals surface area contributed by atoms with Gasteiger partial charge in [0.1, 0.15) is 18.1 Å². The molecule has 0 aliphatic carbocycles. The maximum absolute atomic E-state index is 12.7. The van der Waals surface area contributed by atoms with E-state index in [0.717, 1.165) is 21.9 Å². The second-order valence-corrected chi connectivity index (χ2v) is 7.42. The number of nitrogens with zero attached hydrogens (tertiary/aromatic N) is 1. The third-order valence-corrected chi connectivity index (χ3v) is 5.31. The monoisotopic (exact) mass is 444 g/mol. The van der Waals surface area contributed by atoms with Crippen LogP contribution in [0.4, 0.5) is 0 Å². The van der Waals surface area contributed by atoms with Crippen molar-refractivity contribution in [1.82, 2.24) is 5.43 Å². The Bertz CT molecular complexity index is 1290. The summed E-state index contributed by atoms with van der Waals surface area (Å²) < 4.78 is 11.3. The maximum Gasteiger partial charge on any atom is 0.275 e. The van der Waals surface area contributed by atoms with Crippen LogP contribution < -0.4 is 14.9 Å². The molecule has 0 saturated carbocycles. The molecular formula is C26H21ClN2O3. The van der Waals surface area contributed by atoms with Crippen LogP contribution in [-0.4, -0.2) is 19.2 Å². The van der Waals surface area contributed by atoms with Crippen LogP contribution >= 0.6 is 11.6 Å². The molecule has 0 saturated heterocycles. The van der Waals surface area contributed by atoms with Gasteiger partial charge in [-0.1, -0.05) is 66.2 Å². The van der Waals surface area contributed by atoms with Crippen molar-refractivity contribution in [1.29, 1.82) is 0 Å². The SMILES string of the molecule is COc1cc2ccccc2cc1C(=O)N/N=C\c1ccccc1OCc1ccccc1Cl. The van der Waals surface area contributed by atoms with E-state index in [1.165, 1.54) is 7.11 Å². The number of halogens is 1. The molecule has 0 bridgehead atoms. The molecule has 6 heteroatoms. The topological polar surface area (TPSA) is 59.9 Å². The van der Waals surface area contributed by atoms with Gasteiger partial charge in [-0.2, -0.15) is 5.10 Å². The van der Waals surface area contributed by atoms with Crippen molar-refractivity contribution in [2.45, 2.75) is 6.61 Å². The van der Waals surface area contributed by atoms with Crippen molar-refractivity contribution in [2.24, 2.45) is 5.10 Å². The summed E-state index contributed by atoms with van der Waals surface area (Å²) in [5.41, 5.74) is 4.59. The van der Waals surface area contributed by atoms with Crippen molar-refractivity contribution < 1.29 is 14.3 Å². The number of hydrogen-bond acceptors (Lipinski definition) is 4. The number of para-hydroxylation sites is 1. The molecule has 0 fully saturated rings. The molecule has 0 atom stereocenters. The van der Waals surface area contributed by atoms with Gasteiger partial charge in [-0.25, -0.2) is 5.43 Å². The number of hydrazone groups is 1. The van der Waals surface area contributed by atoms with Gasteiger partial charge in [0.05, 0.1) is 18.9 Å². The molecule has 0 aliphatic rings. The Kier molecular flexibility index (Phi) is 6.68. The molecule has 160 valence electrons. The Morgan fingerprint density at radius 2 is 1.62 bits per heavy atom. The molecule has 0 aliphatic heterocycles. The number of carbonyl (C=O) groups is 1. The zero-order chi connectivity index (χ0) is 22.3. The highest BCUT2D eigenvalue weighted by Crippen LogP contribution is 2.26. The van der Waals surface area contributed by atoms with Crippen molar-refractivity contribution in [3.63, 3.8) is 0 Å². The number of hydrogen-bond donors (Lipinski definition) is 1. The number of methoxy groups -OCH3 is 1. The van der Waals surface area contributed by atoms with E-state index in [1.807, 2.05) is 78.9 Å². The fraction of sp³-hybridized carbons (Fsp3) is 0.0769.